The summed E-state index contributed by atoms with van der Waals surface area (Å²) in [4.78, 5) is 0.297. The van der Waals surface area contributed by atoms with E-state index in [0.29, 0.717) is 36.0 Å². The van der Waals surface area contributed by atoms with Crippen LogP contribution in [0, 0.1) is 13.8 Å². The van der Waals surface area contributed by atoms with Crippen LogP contribution in [0.15, 0.2) is 4.90 Å². The fraction of sp³-hybridized carbons (Fsp3) is 0.769. The van der Waals surface area contributed by atoms with Crippen molar-refractivity contribution in [1.82, 2.24) is 19.8 Å². The van der Waals surface area contributed by atoms with E-state index >= 15 is 0 Å². The van der Waals surface area contributed by atoms with Crippen molar-refractivity contribution >= 4 is 10.0 Å². The van der Waals surface area contributed by atoms with Crippen molar-refractivity contribution in [1.29, 1.82) is 0 Å². The smallest absolute Gasteiger partial charge is 0.244 e. The first-order valence-corrected chi connectivity index (χ1v) is 8.59. The molecule has 1 aromatic heterocycles. The molecule has 0 unspecified atom stereocenters. The molecular formula is C13H26N4O3S. The van der Waals surface area contributed by atoms with E-state index in [2.05, 4.69) is 15.1 Å². The molecule has 1 aromatic rings. The molecule has 0 bridgehead atoms. The predicted octanol–water partition coefficient (Wildman–Crippen LogP) is 0.424. The Labute approximate surface area is 127 Å². The molecule has 122 valence electrons. The van der Waals surface area contributed by atoms with Crippen LogP contribution in [0.5, 0.6) is 0 Å². The second-order valence-electron chi connectivity index (χ2n) is 4.92. The Bertz CT molecular complexity index is 540. The van der Waals surface area contributed by atoms with Crippen molar-refractivity contribution < 1.29 is 13.2 Å². The third kappa shape index (κ3) is 5.06. The molecule has 0 atom stereocenters. The highest BCUT2D eigenvalue weighted by molar-refractivity contribution is 7.89. The summed E-state index contributed by atoms with van der Waals surface area (Å²) < 4.78 is 34.1. The number of unbranched alkanes of at least 4 members (excludes halogenated alkanes) is 1. The van der Waals surface area contributed by atoms with E-state index < -0.39 is 10.0 Å². The Morgan fingerprint density at radius 3 is 2.57 bits per heavy atom. The topological polar surface area (TPSA) is 85.2 Å². The van der Waals surface area contributed by atoms with Gasteiger partial charge in [-0.2, -0.15) is 5.10 Å². The summed E-state index contributed by atoms with van der Waals surface area (Å²) in [7, 11) is -0.0201. The Kier molecular flexibility index (Phi) is 7.30. The second-order valence-corrected chi connectivity index (χ2v) is 6.63. The number of aryl methyl sites for hydroxylation is 1. The summed E-state index contributed by atoms with van der Waals surface area (Å²) in [5.41, 5.74) is 1.21. The van der Waals surface area contributed by atoms with E-state index in [1.54, 1.807) is 25.6 Å². The van der Waals surface area contributed by atoms with E-state index in [1.807, 2.05) is 7.05 Å². The fourth-order valence-electron chi connectivity index (χ4n) is 2.15. The number of hydrogen-bond donors (Lipinski definition) is 2. The van der Waals surface area contributed by atoms with E-state index in [9.17, 15) is 8.42 Å². The number of ether oxygens (including phenoxy) is 1. The van der Waals surface area contributed by atoms with Gasteiger partial charge in [0.05, 0.1) is 17.9 Å². The number of hydrogen-bond acceptors (Lipinski definition) is 5. The van der Waals surface area contributed by atoms with Crippen molar-refractivity contribution in [3.63, 3.8) is 0 Å². The molecule has 21 heavy (non-hydrogen) atoms. The van der Waals surface area contributed by atoms with Crippen LogP contribution in [0.2, 0.25) is 0 Å². The summed E-state index contributed by atoms with van der Waals surface area (Å²) in [6.07, 6.45) is 1.58. The van der Waals surface area contributed by atoms with Gasteiger partial charge in [-0.1, -0.05) is 0 Å². The average Bonchev–Trinajstić information content (AvgIpc) is 2.71. The molecule has 0 aliphatic carbocycles. The lowest BCUT2D eigenvalue weighted by molar-refractivity contribution is 0.193. The molecule has 8 heteroatoms. The zero-order valence-corrected chi connectivity index (χ0v) is 14.1. The van der Waals surface area contributed by atoms with Gasteiger partial charge in [0.25, 0.3) is 0 Å². The highest BCUT2D eigenvalue weighted by atomic mass is 32.2. The number of sulfonamides is 1. The van der Waals surface area contributed by atoms with Gasteiger partial charge in [-0.05, 0) is 33.7 Å². The zero-order valence-electron chi connectivity index (χ0n) is 13.3. The molecule has 0 fully saturated rings. The maximum absolute atomic E-state index is 12.4. The lowest BCUT2D eigenvalue weighted by Crippen LogP contribution is -2.26. The monoisotopic (exact) mass is 318 g/mol. The minimum absolute atomic E-state index is 0.297. The Hall–Kier alpha value is -0.960. The van der Waals surface area contributed by atoms with Gasteiger partial charge in [0.1, 0.15) is 4.90 Å². The lowest BCUT2D eigenvalue weighted by Gasteiger charge is -2.08. The van der Waals surface area contributed by atoms with Gasteiger partial charge in [0, 0.05) is 26.8 Å². The molecule has 1 rings (SSSR count). The zero-order chi connectivity index (χ0) is 15.9. The van der Waals surface area contributed by atoms with Crippen LogP contribution >= 0.6 is 0 Å². The van der Waals surface area contributed by atoms with Gasteiger partial charge in [-0.15, -0.1) is 0 Å². The normalized spacial score (nSPS) is 12.0. The van der Waals surface area contributed by atoms with Crippen LogP contribution in [-0.2, 0) is 21.3 Å². The van der Waals surface area contributed by atoms with Crippen LogP contribution in [0.25, 0.3) is 0 Å². The summed E-state index contributed by atoms with van der Waals surface area (Å²) in [5.74, 6) is 0. The van der Waals surface area contributed by atoms with E-state index in [1.165, 1.54) is 0 Å². The van der Waals surface area contributed by atoms with Crippen molar-refractivity contribution in [2.24, 2.45) is 0 Å². The van der Waals surface area contributed by atoms with Crippen molar-refractivity contribution in [2.75, 3.05) is 33.9 Å². The number of likely N-dealkylation sites (N-methyl/N-ethyl adjacent to an activating group) is 1. The number of aromatic nitrogens is 2. The molecule has 2 N–H and O–H groups in total. The molecule has 1 heterocycles. The lowest BCUT2D eigenvalue weighted by atomic mass is 10.3. The molecule has 0 spiro atoms. The van der Waals surface area contributed by atoms with Gasteiger partial charge in [0.2, 0.25) is 10.0 Å². The third-order valence-electron chi connectivity index (χ3n) is 3.22. The Balaban J connectivity index is 2.76. The molecular weight excluding hydrogens is 292 g/mol. The average molecular weight is 318 g/mol. The Morgan fingerprint density at radius 2 is 1.95 bits per heavy atom. The van der Waals surface area contributed by atoms with E-state index in [0.717, 1.165) is 19.4 Å². The maximum Gasteiger partial charge on any atom is 0.244 e. The number of nitrogens with one attached hydrogen (secondary N) is 2. The highest BCUT2D eigenvalue weighted by Gasteiger charge is 2.23. The number of nitrogens with zero attached hydrogens (tertiary/aromatic N) is 2. The Morgan fingerprint density at radius 1 is 1.24 bits per heavy atom. The minimum atomic E-state index is -3.51. The highest BCUT2D eigenvalue weighted by Crippen LogP contribution is 2.19. The minimum Gasteiger partial charge on any atom is -0.385 e. The van der Waals surface area contributed by atoms with Crippen LogP contribution in [0.4, 0.5) is 0 Å². The van der Waals surface area contributed by atoms with E-state index in [4.69, 9.17) is 4.74 Å². The van der Waals surface area contributed by atoms with Gasteiger partial charge < -0.3 is 10.1 Å². The quantitative estimate of drug-likeness (QED) is 0.611. The molecule has 0 radical (unpaired) electrons. The summed E-state index contributed by atoms with van der Waals surface area (Å²) in [5, 5.41) is 7.34. The van der Waals surface area contributed by atoms with Crippen LogP contribution < -0.4 is 10.0 Å². The van der Waals surface area contributed by atoms with Gasteiger partial charge in [0.15, 0.2) is 0 Å². The first kappa shape index (κ1) is 18.1. The van der Waals surface area contributed by atoms with Crippen LogP contribution in [-0.4, -0.2) is 52.1 Å². The molecule has 0 aliphatic rings. The predicted molar refractivity (Wildman–Crippen MR) is 81.9 cm³/mol. The van der Waals surface area contributed by atoms with Crippen molar-refractivity contribution in [3.05, 3.63) is 11.4 Å². The second kappa shape index (κ2) is 8.47. The molecule has 0 saturated heterocycles. The van der Waals surface area contributed by atoms with Gasteiger partial charge >= 0.3 is 0 Å². The summed E-state index contributed by atoms with van der Waals surface area (Å²) in [6.45, 7) is 5.95. The van der Waals surface area contributed by atoms with Crippen molar-refractivity contribution in [2.45, 2.75) is 38.1 Å². The molecule has 7 nitrogen and oxygen atoms in total. The fourth-order valence-corrected chi connectivity index (χ4v) is 3.64. The SMILES string of the molecule is CNCCn1nc(C)c(S(=O)(=O)NCCCCOC)c1C. The summed E-state index contributed by atoms with van der Waals surface area (Å²) in [6, 6.07) is 0. The van der Waals surface area contributed by atoms with Crippen LogP contribution in [0.3, 0.4) is 0 Å². The summed E-state index contributed by atoms with van der Waals surface area (Å²) >= 11 is 0. The third-order valence-corrected chi connectivity index (χ3v) is 4.94. The first-order chi connectivity index (χ1) is 9.94. The molecule has 0 amide bonds. The molecule has 0 saturated carbocycles. The maximum atomic E-state index is 12.4. The van der Waals surface area contributed by atoms with Gasteiger partial charge in [-0.25, -0.2) is 13.1 Å². The van der Waals surface area contributed by atoms with Crippen molar-refractivity contribution in [3.8, 4) is 0 Å². The largest absolute Gasteiger partial charge is 0.385 e. The molecule has 0 aromatic carbocycles. The van der Waals surface area contributed by atoms with Gasteiger partial charge in [-0.3, -0.25) is 4.68 Å². The van der Waals surface area contributed by atoms with E-state index in [-0.39, 0.29) is 0 Å². The standard InChI is InChI=1S/C13H26N4O3S/c1-11-13(12(2)17(16-11)9-8-14-3)21(18,19)15-7-5-6-10-20-4/h14-15H,5-10H2,1-4H3. The van der Waals surface area contributed by atoms with Crippen LogP contribution in [0.1, 0.15) is 24.2 Å². The molecule has 0 aliphatic heterocycles. The number of methoxy groups -OCH3 is 1. The first-order valence-electron chi connectivity index (χ1n) is 7.11. The number of rotatable bonds is 10.